The van der Waals surface area contributed by atoms with E-state index in [1.165, 1.54) is 0 Å². The minimum absolute atomic E-state index is 0.0519. The van der Waals surface area contributed by atoms with E-state index in [0.717, 1.165) is 0 Å². The largest absolute Gasteiger partial charge is 0.324 e. The van der Waals surface area contributed by atoms with Gasteiger partial charge in [-0.15, -0.1) is 11.8 Å². The van der Waals surface area contributed by atoms with Crippen LogP contribution in [0.25, 0.3) is 0 Å². The summed E-state index contributed by atoms with van der Waals surface area (Å²) in [6, 6.07) is 6.83. The van der Waals surface area contributed by atoms with Crippen LogP contribution in [0.2, 0.25) is 0 Å². The number of para-hydroxylation sites is 1. The van der Waals surface area contributed by atoms with Gasteiger partial charge in [-0.3, -0.25) is 9.59 Å². The highest BCUT2D eigenvalue weighted by Gasteiger charge is 2.38. The molecule has 2 aliphatic heterocycles. The van der Waals surface area contributed by atoms with Gasteiger partial charge in [0.05, 0.1) is 17.1 Å². The molecule has 0 spiro atoms. The minimum atomic E-state index is -0.315. The van der Waals surface area contributed by atoms with Crippen LogP contribution in [-0.2, 0) is 4.79 Å². The monoisotopic (exact) mass is 234 g/mol. The van der Waals surface area contributed by atoms with E-state index >= 15 is 0 Å². The van der Waals surface area contributed by atoms with E-state index in [2.05, 4.69) is 5.32 Å². The van der Waals surface area contributed by atoms with E-state index in [0.29, 0.717) is 22.9 Å². The van der Waals surface area contributed by atoms with Gasteiger partial charge in [-0.25, -0.2) is 0 Å². The molecule has 4 nitrogen and oxygen atoms in total. The molecular weight excluding hydrogens is 224 g/mol. The summed E-state index contributed by atoms with van der Waals surface area (Å²) in [7, 11) is 0. The molecule has 1 fully saturated rings. The third-order valence-electron chi connectivity index (χ3n) is 2.86. The number of benzene rings is 1. The van der Waals surface area contributed by atoms with Gasteiger partial charge in [0.25, 0.3) is 5.91 Å². The lowest BCUT2D eigenvalue weighted by Gasteiger charge is -2.18. The summed E-state index contributed by atoms with van der Waals surface area (Å²) in [5.74, 6) is 1.16. The average molecular weight is 234 g/mol. The van der Waals surface area contributed by atoms with Crippen molar-refractivity contribution in [1.82, 2.24) is 4.90 Å². The summed E-state index contributed by atoms with van der Waals surface area (Å²) >= 11 is 1.62. The Kier molecular flexibility index (Phi) is 2.14. The maximum atomic E-state index is 12.2. The molecule has 82 valence electrons. The molecule has 5 heteroatoms. The van der Waals surface area contributed by atoms with E-state index < -0.39 is 0 Å². The number of hydrogen-bond donors (Lipinski definition) is 1. The van der Waals surface area contributed by atoms with Crippen LogP contribution >= 0.6 is 11.8 Å². The first kappa shape index (κ1) is 9.72. The lowest BCUT2D eigenvalue weighted by Crippen LogP contribution is -2.41. The molecule has 2 heterocycles. The van der Waals surface area contributed by atoms with Crippen LogP contribution in [-0.4, -0.2) is 34.4 Å². The van der Waals surface area contributed by atoms with Gasteiger partial charge in [0.15, 0.2) is 0 Å². The number of carbonyl (C=O) groups is 2. The molecule has 1 saturated heterocycles. The second kappa shape index (κ2) is 3.52. The first-order valence-electron chi connectivity index (χ1n) is 5.06. The van der Waals surface area contributed by atoms with Crippen molar-refractivity contribution in [3.05, 3.63) is 29.8 Å². The quantitative estimate of drug-likeness (QED) is 0.732. The Morgan fingerprint density at radius 1 is 1.31 bits per heavy atom. The maximum absolute atomic E-state index is 12.2. The fraction of sp³-hybridized carbons (Fsp3) is 0.273. The molecule has 0 unspecified atom stereocenters. The Bertz CT molecular complexity index is 475. The lowest BCUT2D eigenvalue weighted by molar-refractivity contribution is -0.119. The van der Waals surface area contributed by atoms with Crippen LogP contribution < -0.4 is 5.32 Å². The first-order valence-corrected chi connectivity index (χ1v) is 6.21. The Hall–Kier alpha value is -1.49. The Morgan fingerprint density at radius 3 is 3.00 bits per heavy atom. The van der Waals surface area contributed by atoms with Crippen molar-refractivity contribution in [2.24, 2.45) is 0 Å². The van der Waals surface area contributed by atoms with Gasteiger partial charge < -0.3 is 10.2 Å². The summed E-state index contributed by atoms with van der Waals surface area (Å²) < 4.78 is 0. The number of hydrogen-bond acceptors (Lipinski definition) is 3. The van der Waals surface area contributed by atoms with Crippen LogP contribution in [0, 0.1) is 0 Å². The van der Waals surface area contributed by atoms with Crippen LogP contribution in [0.15, 0.2) is 24.3 Å². The molecule has 3 rings (SSSR count). The van der Waals surface area contributed by atoms with Gasteiger partial charge in [0, 0.05) is 5.75 Å². The lowest BCUT2D eigenvalue weighted by atomic mass is 10.1. The molecule has 2 amide bonds. The molecule has 16 heavy (non-hydrogen) atoms. The molecule has 1 aromatic carbocycles. The predicted molar refractivity (Wildman–Crippen MR) is 62.4 cm³/mol. The maximum Gasteiger partial charge on any atom is 0.257 e. The standard InChI is InChI=1S/C11H10N2O2S/c14-10-9-5-16-6-13(9)11(15)7-3-1-2-4-8(7)12-10/h1-4,9H,5-6H2,(H,12,14)/t9-/m1/s1. The van der Waals surface area contributed by atoms with Gasteiger partial charge in [0.1, 0.15) is 6.04 Å². The van der Waals surface area contributed by atoms with Gasteiger partial charge in [-0.05, 0) is 12.1 Å². The molecule has 0 bridgehead atoms. The number of carbonyl (C=O) groups excluding carboxylic acids is 2. The molecule has 0 saturated carbocycles. The third kappa shape index (κ3) is 1.31. The SMILES string of the molecule is O=C1Nc2ccccc2C(=O)N2CSC[C@H]12. The summed E-state index contributed by atoms with van der Waals surface area (Å²) in [4.78, 5) is 25.7. The van der Waals surface area contributed by atoms with Gasteiger partial charge in [-0.1, -0.05) is 12.1 Å². The van der Waals surface area contributed by atoms with Crippen molar-refractivity contribution < 1.29 is 9.59 Å². The Morgan fingerprint density at radius 2 is 2.12 bits per heavy atom. The fourth-order valence-corrected chi connectivity index (χ4v) is 3.16. The second-order valence-electron chi connectivity index (χ2n) is 3.83. The van der Waals surface area contributed by atoms with E-state index in [1.807, 2.05) is 12.1 Å². The van der Waals surface area contributed by atoms with E-state index in [4.69, 9.17) is 0 Å². The smallest absolute Gasteiger partial charge is 0.257 e. The number of nitrogens with one attached hydrogen (secondary N) is 1. The van der Waals surface area contributed by atoms with Gasteiger partial charge in [-0.2, -0.15) is 0 Å². The zero-order valence-electron chi connectivity index (χ0n) is 8.47. The Balaban J connectivity index is 2.11. The normalized spacial score (nSPS) is 23.5. The molecule has 1 atom stereocenters. The predicted octanol–water partition coefficient (Wildman–Crippen LogP) is 1.15. The summed E-state index contributed by atoms with van der Waals surface area (Å²) in [6.45, 7) is 0. The number of thioether (sulfide) groups is 1. The highest BCUT2D eigenvalue weighted by molar-refractivity contribution is 7.99. The molecule has 1 aromatic rings. The molecule has 0 aliphatic carbocycles. The second-order valence-corrected chi connectivity index (χ2v) is 4.83. The number of fused-ring (bicyclic) bond motifs is 2. The van der Waals surface area contributed by atoms with Crippen molar-refractivity contribution in [1.29, 1.82) is 0 Å². The van der Waals surface area contributed by atoms with Crippen LogP contribution in [0.1, 0.15) is 10.4 Å². The number of amides is 2. The van der Waals surface area contributed by atoms with E-state index in [9.17, 15) is 9.59 Å². The van der Waals surface area contributed by atoms with Crippen molar-refractivity contribution >= 4 is 29.3 Å². The third-order valence-corrected chi connectivity index (χ3v) is 3.87. The summed E-state index contributed by atoms with van der Waals surface area (Å²) in [5, 5.41) is 2.81. The number of rotatable bonds is 0. The van der Waals surface area contributed by atoms with Crippen molar-refractivity contribution in [2.75, 3.05) is 16.9 Å². The fourth-order valence-electron chi connectivity index (χ4n) is 2.01. The Labute approximate surface area is 97.0 Å². The van der Waals surface area contributed by atoms with E-state index in [1.54, 1.807) is 28.8 Å². The molecule has 1 N–H and O–H groups in total. The van der Waals surface area contributed by atoms with Gasteiger partial charge in [0.2, 0.25) is 5.91 Å². The molecule has 2 aliphatic rings. The minimum Gasteiger partial charge on any atom is -0.324 e. The average Bonchev–Trinajstić information content (AvgIpc) is 2.74. The first-order chi connectivity index (χ1) is 7.77. The van der Waals surface area contributed by atoms with E-state index in [-0.39, 0.29) is 17.9 Å². The zero-order valence-corrected chi connectivity index (χ0v) is 9.29. The summed E-state index contributed by atoms with van der Waals surface area (Å²) in [6.07, 6.45) is 0. The highest BCUT2D eigenvalue weighted by Crippen LogP contribution is 2.29. The zero-order chi connectivity index (χ0) is 11.1. The highest BCUT2D eigenvalue weighted by atomic mass is 32.2. The molecule has 0 radical (unpaired) electrons. The van der Waals surface area contributed by atoms with Crippen LogP contribution in [0.5, 0.6) is 0 Å². The van der Waals surface area contributed by atoms with Crippen molar-refractivity contribution in [2.45, 2.75) is 6.04 Å². The molecular formula is C11H10N2O2S. The number of anilines is 1. The van der Waals surface area contributed by atoms with Gasteiger partial charge >= 0.3 is 0 Å². The van der Waals surface area contributed by atoms with Crippen LogP contribution in [0.4, 0.5) is 5.69 Å². The van der Waals surface area contributed by atoms with Crippen molar-refractivity contribution in [3.8, 4) is 0 Å². The van der Waals surface area contributed by atoms with Crippen molar-refractivity contribution in [3.63, 3.8) is 0 Å². The summed E-state index contributed by atoms with van der Waals surface area (Å²) in [5.41, 5.74) is 1.21. The number of nitrogens with zero attached hydrogens (tertiary/aromatic N) is 1. The topological polar surface area (TPSA) is 49.4 Å². The molecule has 0 aromatic heterocycles. The van der Waals surface area contributed by atoms with Crippen LogP contribution in [0.3, 0.4) is 0 Å².